The number of ketones is 1. The van der Waals surface area contributed by atoms with E-state index in [9.17, 15) is 47.4 Å². The lowest BCUT2D eigenvalue weighted by atomic mass is 9.89. The number of Topliss-reactive ketones (excluding diaryl/α,β-unsaturated/α-hetero) is 1. The molecule has 2 aliphatic heterocycles. The number of primary amides is 1. The maximum Gasteiger partial charge on any atom is 0.312 e. The van der Waals surface area contributed by atoms with Crippen LogP contribution in [0.1, 0.15) is 82.7 Å². The number of nitrogens with one attached hydrogen (secondary N) is 4. The standard InChI is InChI=1S/C54H72FN11O15S.CH3/c1-5-80-41-10-6-9-39(55)38(41)16-13-36-30-66(53-48(71)47(70)42(81-53)28-61-82(58,75)76)51-45(36)49(56)60-31-64(51)29-34-11-14-37(15-12-34)62-50(72)35(8-7-18-59-54(57)74)27-40(67)46(32(2)3)63-43(68)17-20-77-22-24-79-25-23-78-21-19-65-44(69)26-33(4)52(65)73;/h6,9-12,14-15,30-33,35,42,46-48,53,56,61,70-71H,5,7-8,17-29H2,1-4H3,(H7,57,58,59,62,63,68,72,74,75,76);1H3/q;-1/p+1/t33?,35-,42-,46+,47-,48-,53-;/m1./s1. The van der Waals surface area contributed by atoms with Gasteiger partial charge in [0, 0.05) is 49.9 Å². The summed E-state index contributed by atoms with van der Waals surface area (Å²) in [5.41, 5.74) is 13.3. The van der Waals surface area contributed by atoms with Crippen molar-refractivity contribution in [2.45, 2.75) is 96.9 Å². The van der Waals surface area contributed by atoms with Crippen LogP contribution in [0.3, 0.4) is 0 Å². The van der Waals surface area contributed by atoms with Gasteiger partial charge in [0.1, 0.15) is 40.8 Å². The number of urea groups is 1. The van der Waals surface area contributed by atoms with Gasteiger partial charge in [-0.1, -0.05) is 55.8 Å². The highest BCUT2D eigenvalue weighted by Crippen LogP contribution is 2.35. The van der Waals surface area contributed by atoms with Crippen LogP contribution in [0.4, 0.5) is 20.7 Å². The minimum Gasteiger partial charge on any atom is -0.492 e. The normalized spacial score (nSPS) is 18.6. The largest absolute Gasteiger partial charge is 0.492 e. The molecule has 28 heteroatoms. The van der Waals surface area contributed by atoms with Gasteiger partial charge in [0.05, 0.1) is 77.1 Å². The van der Waals surface area contributed by atoms with Gasteiger partial charge in [-0.15, -0.1) is 0 Å². The van der Waals surface area contributed by atoms with Gasteiger partial charge in [-0.05, 0) is 55.5 Å². The van der Waals surface area contributed by atoms with Crippen molar-refractivity contribution in [3.8, 4) is 17.6 Å². The Kier molecular flexibility index (Phi) is 25.2. The number of benzene rings is 2. The topological polar surface area (TPSA) is 374 Å². The van der Waals surface area contributed by atoms with E-state index in [4.69, 9.17) is 40.3 Å². The Morgan fingerprint density at radius 3 is 2.31 bits per heavy atom. The molecule has 12 N–H and O–H groups in total. The molecule has 6 rings (SSSR count). The molecule has 2 saturated heterocycles. The SMILES string of the molecule is CCOc1cccc(F)c1C#Cc1cn([C@@H]2O[C@H](CNS(N)(=O)=O)[C@@H](O)[C@H]2O)c2c1c(N)nc[n+]2Cc1ccc(NC(=O)[C@H](CCCNC(N)=O)CC(=O)[C@@H](NC(=O)CCOCCOCCOCCN2C(=O)CC(C)C2=O)C(C)C)cc1.[CH3-]. The van der Waals surface area contributed by atoms with Crippen LogP contribution in [0.5, 0.6) is 5.75 Å². The van der Waals surface area contributed by atoms with Gasteiger partial charge in [0.25, 0.3) is 10.2 Å². The minimum absolute atomic E-state index is 0. The monoisotopic (exact) mass is 1180 g/mol. The molecule has 7 atom stereocenters. The van der Waals surface area contributed by atoms with Gasteiger partial charge >= 0.3 is 6.03 Å². The first-order chi connectivity index (χ1) is 39.1. The lowest BCUT2D eigenvalue weighted by Crippen LogP contribution is -2.45. The molecule has 0 radical (unpaired) electrons. The Labute approximate surface area is 481 Å². The highest BCUT2D eigenvalue weighted by Gasteiger charge is 2.47. The Morgan fingerprint density at radius 1 is 0.988 bits per heavy atom. The van der Waals surface area contributed by atoms with Crippen molar-refractivity contribution in [3.63, 3.8) is 0 Å². The Balaban J connectivity index is 0.0000126. The number of anilines is 2. The average Bonchev–Trinajstić information content (AvgIpc) is 4.27. The van der Waals surface area contributed by atoms with Crippen molar-refractivity contribution < 1.29 is 80.0 Å². The van der Waals surface area contributed by atoms with Gasteiger partial charge < -0.3 is 68.7 Å². The number of halogens is 1. The fraction of sp³-hybridized carbons (Fsp3) is 0.509. The average molecular weight is 1180 g/mol. The highest BCUT2D eigenvalue weighted by molar-refractivity contribution is 7.87. The summed E-state index contributed by atoms with van der Waals surface area (Å²) in [5.74, 6) is 2.08. The van der Waals surface area contributed by atoms with Crippen LogP contribution in [-0.2, 0) is 59.7 Å². The first-order valence-corrected chi connectivity index (χ1v) is 28.3. The number of hydrogen-bond donors (Lipinski definition) is 9. The number of rotatable bonds is 31. The van der Waals surface area contributed by atoms with Gasteiger partial charge in [0.15, 0.2) is 5.78 Å². The van der Waals surface area contributed by atoms with E-state index in [2.05, 4.69) is 37.5 Å². The fourth-order valence-corrected chi connectivity index (χ4v) is 9.67. The summed E-state index contributed by atoms with van der Waals surface area (Å²) in [6.45, 7) is 8.32. The number of aliphatic hydroxyl groups excluding tert-OH is 2. The predicted octanol–water partition coefficient (Wildman–Crippen LogP) is 0.693. The third kappa shape index (κ3) is 18.9. The van der Waals surface area contributed by atoms with Crippen molar-refractivity contribution in [1.29, 1.82) is 0 Å². The van der Waals surface area contributed by atoms with E-state index in [-0.39, 0.29) is 162 Å². The molecular weight excluding hydrogens is 1110 g/mol. The lowest BCUT2D eigenvalue weighted by molar-refractivity contribution is -0.668. The van der Waals surface area contributed by atoms with E-state index in [1.165, 1.54) is 34.1 Å². The molecule has 2 fully saturated rings. The zero-order valence-electron chi connectivity index (χ0n) is 47.1. The van der Waals surface area contributed by atoms with Gasteiger partial charge in [-0.3, -0.25) is 28.9 Å². The maximum atomic E-state index is 15.2. The van der Waals surface area contributed by atoms with Crippen LogP contribution >= 0.6 is 0 Å². The lowest BCUT2D eigenvalue weighted by Gasteiger charge is -2.24. The number of nitrogens with zero attached hydrogens (tertiary/aromatic N) is 4. The van der Waals surface area contributed by atoms with Gasteiger partial charge in [-0.25, -0.2) is 23.5 Å². The summed E-state index contributed by atoms with van der Waals surface area (Å²) in [6.07, 6.45) is -2.51. The zero-order valence-corrected chi connectivity index (χ0v) is 48.0. The Hall–Kier alpha value is -7.20. The molecule has 2 aromatic carbocycles. The summed E-state index contributed by atoms with van der Waals surface area (Å²) >= 11 is 0. The quantitative estimate of drug-likeness (QED) is 0.0110. The fourth-order valence-electron chi connectivity index (χ4n) is 9.27. The third-order valence-electron chi connectivity index (χ3n) is 13.5. The van der Waals surface area contributed by atoms with Crippen LogP contribution in [0.2, 0.25) is 0 Å². The second kappa shape index (κ2) is 31.5. The number of hydrogen-bond acceptors (Lipinski definition) is 17. The van der Waals surface area contributed by atoms with Crippen molar-refractivity contribution in [3.05, 3.63) is 84.9 Å². The minimum atomic E-state index is -4.20. The molecule has 0 saturated carbocycles. The number of carbonyl (C=O) groups excluding carboxylic acids is 6. The molecule has 0 spiro atoms. The highest BCUT2D eigenvalue weighted by atomic mass is 32.2. The number of carbonyl (C=O) groups is 6. The number of fused-ring (bicyclic) bond motifs is 1. The molecule has 4 aromatic rings. The number of likely N-dealkylation sites (tertiary alicyclic amines) is 1. The molecular formula is C55H76FN11O15S. The van der Waals surface area contributed by atoms with Crippen LogP contribution in [-0.4, -0.2) is 159 Å². The first kappa shape index (κ1) is 66.6. The summed E-state index contributed by atoms with van der Waals surface area (Å²) in [6, 6.07) is 9.31. The van der Waals surface area contributed by atoms with Crippen molar-refractivity contribution >= 4 is 68.2 Å². The smallest absolute Gasteiger partial charge is 0.312 e. The van der Waals surface area contributed by atoms with Crippen LogP contribution in [0.25, 0.3) is 11.0 Å². The Morgan fingerprint density at radius 2 is 1.67 bits per heavy atom. The number of ether oxygens (including phenoxy) is 5. The van der Waals surface area contributed by atoms with Crippen molar-refractivity contribution in [2.75, 3.05) is 76.9 Å². The Bertz CT molecular complexity index is 3080. The van der Waals surface area contributed by atoms with Gasteiger partial charge in [0.2, 0.25) is 47.6 Å². The van der Waals surface area contributed by atoms with E-state index in [0.29, 0.717) is 17.7 Å². The van der Waals surface area contributed by atoms with E-state index >= 15 is 4.39 Å². The third-order valence-corrected chi connectivity index (χ3v) is 14.0. The maximum absolute atomic E-state index is 15.2. The molecule has 83 heavy (non-hydrogen) atoms. The molecule has 0 bridgehead atoms. The van der Waals surface area contributed by atoms with E-state index in [1.54, 1.807) is 62.6 Å². The van der Waals surface area contributed by atoms with Crippen molar-refractivity contribution in [2.24, 2.45) is 28.6 Å². The summed E-state index contributed by atoms with van der Waals surface area (Å²) in [4.78, 5) is 81.9. The van der Waals surface area contributed by atoms with Crippen LogP contribution in [0, 0.1) is 42.8 Å². The van der Waals surface area contributed by atoms with E-state index in [0.717, 1.165) is 0 Å². The number of nitrogen functional groups attached to an aromatic ring is 1. The molecule has 0 aliphatic carbocycles. The molecule has 6 amide bonds. The van der Waals surface area contributed by atoms with E-state index in [1.807, 2.05) is 0 Å². The second-order valence-electron chi connectivity index (χ2n) is 20.0. The van der Waals surface area contributed by atoms with Crippen LogP contribution < -0.4 is 46.6 Å². The first-order valence-electron chi connectivity index (χ1n) is 26.8. The number of amides is 6. The molecule has 454 valence electrons. The molecule has 2 aliphatic rings. The number of imide groups is 1. The van der Waals surface area contributed by atoms with E-state index < -0.39 is 76.9 Å². The van der Waals surface area contributed by atoms with Gasteiger partial charge in [-0.2, -0.15) is 13.1 Å². The number of aliphatic hydroxyl groups is 2. The summed E-state index contributed by atoms with van der Waals surface area (Å²) < 4.78 is 72.0. The predicted molar refractivity (Wildman–Crippen MR) is 300 cm³/mol. The molecule has 4 heterocycles. The molecule has 26 nitrogen and oxygen atoms in total. The second-order valence-corrected chi connectivity index (χ2v) is 21.4. The summed E-state index contributed by atoms with van der Waals surface area (Å²) in [5, 5.41) is 35.9. The number of nitrogens with two attached hydrogens (primary N) is 3. The molecule has 2 aromatic heterocycles. The summed E-state index contributed by atoms with van der Waals surface area (Å²) in [7, 11) is -4.20. The van der Waals surface area contributed by atoms with Crippen LogP contribution in [0.15, 0.2) is 55.0 Å². The van der Waals surface area contributed by atoms with Crippen molar-refractivity contribution in [1.82, 2.24) is 29.8 Å². The zero-order chi connectivity index (χ0) is 59.7. The molecule has 1 unspecified atom stereocenters. The number of aromatic nitrogens is 3.